The lowest BCUT2D eigenvalue weighted by molar-refractivity contribution is -0.195. The van der Waals surface area contributed by atoms with Gasteiger partial charge in [-0.2, -0.15) is 0 Å². The van der Waals surface area contributed by atoms with Crippen LogP contribution in [0.25, 0.3) is 0 Å². The van der Waals surface area contributed by atoms with Crippen LogP contribution in [-0.2, 0) is 9.53 Å². The first-order valence-electron chi connectivity index (χ1n) is 3.15. The number of rotatable bonds is 0. The summed E-state index contributed by atoms with van der Waals surface area (Å²) >= 11 is 0. The van der Waals surface area contributed by atoms with E-state index in [1.165, 1.54) is 0 Å². The van der Waals surface area contributed by atoms with Gasteiger partial charge in [-0.3, -0.25) is 4.79 Å². The van der Waals surface area contributed by atoms with Gasteiger partial charge in [-0.25, -0.2) is 0 Å². The van der Waals surface area contributed by atoms with Gasteiger partial charge in [0, 0.05) is 6.42 Å². The molecule has 1 unspecified atom stereocenters. The Hall–Kier alpha value is -0.450. The van der Waals surface area contributed by atoms with Gasteiger partial charge in [0.15, 0.2) is 5.78 Å². The van der Waals surface area contributed by atoms with Crippen molar-refractivity contribution < 1.29 is 19.7 Å². The van der Waals surface area contributed by atoms with Gasteiger partial charge in [-0.05, 0) is 6.92 Å². The van der Waals surface area contributed by atoms with Crippen LogP contribution in [-0.4, -0.2) is 34.5 Å². The lowest BCUT2D eigenvalue weighted by Crippen LogP contribution is -2.43. The highest BCUT2D eigenvalue weighted by Gasteiger charge is 2.31. The second kappa shape index (κ2) is 2.65. The van der Waals surface area contributed by atoms with Crippen LogP contribution in [0.3, 0.4) is 0 Å². The van der Waals surface area contributed by atoms with E-state index in [0.717, 1.165) is 0 Å². The van der Waals surface area contributed by atoms with Gasteiger partial charge in [0.25, 0.3) is 0 Å². The molecule has 4 heteroatoms. The maximum atomic E-state index is 10.6. The molecule has 1 saturated heterocycles. The van der Waals surface area contributed by atoms with E-state index >= 15 is 0 Å². The van der Waals surface area contributed by atoms with Crippen LogP contribution in [0.2, 0.25) is 0 Å². The third kappa shape index (κ3) is 1.34. The lowest BCUT2D eigenvalue weighted by Gasteiger charge is -2.27. The van der Waals surface area contributed by atoms with Crippen molar-refractivity contribution in [2.24, 2.45) is 0 Å². The zero-order valence-corrected chi connectivity index (χ0v) is 5.65. The summed E-state index contributed by atoms with van der Waals surface area (Å²) in [5.74, 6) is -0.453. The Labute approximate surface area is 58.4 Å². The smallest absolute Gasteiger partial charge is 0.215 e. The van der Waals surface area contributed by atoms with Gasteiger partial charge in [0.2, 0.25) is 6.29 Å². The molecule has 1 fully saturated rings. The predicted molar refractivity (Wildman–Crippen MR) is 32.2 cm³/mol. The lowest BCUT2D eigenvalue weighted by atomic mass is 10.1. The van der Waals surface area contributed by atoms with Crippen LogP contribution in [0, 0.1) is 0 Å². The van der Waals surface area contributed by atoms with E-state index in [2.05, 4.69) is 4.74 Å². The molecule has 58 valence electrons. The molecule has 3 atom stereocenters. The van der Waals surface area contributed by atoms with Crippen LogP contribution in [0.4, 0.5) is 0 Å². The van der Waals surface area contributed by atoms with Gasteiger partial charge in [-0.1, -0.05) is 0 Å². The fraction of sp³-hybridized carbons (Fsp3) is 0.833. The summed E-state index contributed by atoms with van der Waals surface area (Å²) in [7, 11) is 0. The molecule has 2 N–H and O–H groups in total. The standard InChI is InChI=1S/C6H10O4/c1-3-4(7)2-5(8)6(9)10-3/h3-4,6-7,9H,2H2,1H3/t3-,4+,6?/m0/s1. The Balaban J connectivity index is 2.54. The van der Waals surface area contributed by atoms with E-state index < -0.39 is 24.3 Å². The Kier molecular flexibility index (Phi) is 2.03. The normalized spacial score (nSPS) is 41.9. The molecule has 0 aromatic heterocycles. The molecule has 0 bridgehead atoms. The molecule has 0 aromatic rings. The highest BCUT2D eigenvalue weighted by Crippen LogP contribution is 2.14. The molecule has 0 radical (unpaired) electrons. The minimum atomic E-state index is -1.33. The second-order valence-electron chi connectivity index (χ2n) is 2.43. The molecular formula is C6H10O4. The van der Waals surface area contributed by atoms with Gasteiger partial charge in [-0.15, -0.1) is 0 Å². The Bertz CT molecular complexity index is 145. The zero-order valence-electron chi connectivity index (χ0n) is 5.65. The summed E-state index contributed by atoms with van der Waals surface area (Å²) in [4.78, 5) is 10.6. The van der Waals surface area contributed by atoms with Crippen molar-refractivity contribution in [3.8, 4) is 0 Å². The molecule has 0 aromatic carbocycles. The topological polar surface area (TPSA) is 66.8 Å². The molecule has 1 heterocycles. The molecule has 0 amide bonds. The first kappa shape index (κ1) is 7.65. The number of aliphatic hydroxyl groups is 2. The number of carbonyl (C=O) groups is 1. The first-order chi connectivity index (χ1) is 4.61. The van der Waals surface area contributed by atoms with E-state index in [4.69, 9.17) is 10.2 Å². The van der Waals surface area contributed by atoms with E-state index in [0.29, 0.717) is 0 Å². The average Bonchev–Trinajstić information content (AvgIpc) is 1.84. The minimum absolute atomic E-state index is 0.0116. The van der Waals surface area contributed by atoms with Gasteiger partial charge in [0.05, 0.1) is 12.2 Å². The van der Waals surface area contributed by atoms with Crippen LogP contribution in [0.1, 0.15) is 13.3 Å². The van der Waals surface area contributed by atoms with E-state index in [1.807, 2.05) is 0 Å². The largest absolute Gasteiger partial charge is 0.390 e. The Morgan fingerprint density at radius 1 is 1.60 bits per heavy atom. The third-order valence-corrected chi connectivity index (χ3v) is 1.57. The molecule has 1 aliphatic rings. The average molecular weight is 146 g/mol. The molecule has 10 heavy (non-hydrogen) atoms. The molecule has 0 aliphatic carbocycles. The minimum Gasteiger partial charge on any atom is -0.390 e. The van der Waals surface area contributed by atoms with E-state index in [9.17, 15) is 4.79 Å². The van der Waals surface area contributed by atoms with Gasteiger partial charge >= 0.3 is 0 Å². The van der Waals surface area contributed by atoms with Gasteiger partial charge < -0.3 is 14.9 Å². The predicted octanol–water partition coefficient (Wildman–Crippen LogP) is -0.956. The number of Topliss-reactive ketones (excluding diaryl/α,β-unsaturated/α-hetero) is 1. The fourth-order valence-electron chi connectivity index (χ4n) is 0.843. The SMILES string of the molecule is C[C@@H]1OC(O)C(=O)C[C@H]1O. The highest BCUT2D eigenvalue weighted by atomic mass is 16.6. The van der Waals surface area contributed by atoms with Crippen LogP contribution in [0.5, 0.6) is 0 Å². The molecule has 1 aliphatic heterocycles. The summed E-state index contributed by atoms with van der Waals surface area (Å²) in [5, 5.41) is 17.8. The summed E-state index contributed by atoms with van der Waals surface area (Å²) in [5.41, 5.74) is 0. The first-order valence-corrected chi connectivity index (χ1v) is 3.15. The molecule has 1 rings (SSSR count). The third-order valence-electron chi connectivity index (χ3n) is 1.57. The van der Waals surface area contributed by atoms with Crippen molar-refractivity contribution in [3.63, 3.8) is 0 Å². The molecule has 4 nitrogen and oxygen atoms in total. The number of aliphatic hydroxyl groups excluding tert-OH is 2. The zero-order chi connectivity index (χ0) is 7.72. The number of ketones is 1. The van der Waals surface area contributed by atoms with Crippen molar-refractivity contribution in [3.05, 3.63) is 0 Å². The van der Waals surface area contributed by atoms with Crippen molar-refractivity contribution >= 4 is 5.78 Å². The quantitative estimate of drug-likeness (QED) is 0.462. The van der Waals surface area contributed by atoms with Gasteiger partial charge in [0.1, 0.15) is 0 Å². The van der Waals surface area contributed by atoms with Crippen LogP contribution < -0.4 is 0 Å². The van der Waals surface area contributed by atoms with Crippen molar-refractivity contribution in [2.75, 3.05) is 0 Å². The second-order valence-corrected chi connectivity index (χ2v) is 2.43. The fourth-order valence-corrected chi connectivity index (χ4v) is 0.843. The number of ether oxygens (including phenoxy) is 1. The van der Waals surface area contributed by atoms with Crippen molar-refractivity contribution in [1.29, 1.82) is 0 Å². The van der Waals surface area contributed by atoms with Crippen molar-refractivity contribution in [2.45, 2.75) is 31.8 Å². The van der Waals surface area contributed by atoms with E-state index in [-0.39, 0.29) is 6.42 Å². The molecular weight excluding hydrogens is 136 g/mol. The number of carbonyl (C=O) groups excluding carboxylic acids is 1. The van der Waals surface area contributed by atoms with E-state index in [1.54, 1.807) is 6.92 Å². The molecule has 0 spiro atoms. The monoisotopic (exact) mass is 146 g/mol. The Morgan fingerprint density at radius 2 is 2.20 bits per heavy atom. The summed E-state index contributed by atoms with van der Waals surface area (Å²) in [6.07, 6.45) is -2.57. The maximum absolute atomic E-state index is 10.6. The Morgan fingerprint density at radius 3 is 2.70 bits per heavy atom. The summed E-state index contributed by atoms with van der Waals surface area (Å²) < 4.78 is 4.67. The maximum Gasteiger partial charge on any atom is 0.215 e. The molecule has 0 saturated carbocycles. The van der Waals surface area contributed by atoms with Crippen LogP contribution in [0.15, 0.2) is 0 Å². The van der Waals surface area contributed by atoms with Crippen LogP contribution >= 0.6 is 0 Å². The summed E-state index contributed by atoms with van der Waals surface area (Å²) in [6.45, 7) is 1.61. The summed E-state index contributed by atoms with van der Waals surface area (Å²) in [6, 6.07) is 0. The number of hydrogen-bond acceptors (Lipinski definition) is 4. The highest BCUT2D eigenvalue weighted by molar-refractivity contribution is 5.82. The number of hydrogen-bond donors (Lipinski definition) is 2. The van der Waals surface area contributed by atoms with Crippen molar-refractivity contribution in [1.82, 2.24) is 0 Å².